The van der Waals surface area contributed by atoms with E-state index in [-0.39, 0.29) is 55.8 Å². The number of hydrogen-bond donors (Lipinski definition) is 4. The zero-order valence-corrected chi connectivity index (χ0v) is 21.8. The molecule has 36 heavy (non-hydrogen) atoms. The van der Waals surface area contributed by atoms with E-state index in [4.69, 9.17) is 0 Å². The van der Waals surface area contributed by atoms with E-state index < -0.39 is 47.9 Å². The lowest BCUT2D eigenvalue weighted by atomic mass is 9.95. The SMILES string of the molecule is C=CCN1C(=O)CCC(=O)C1CC(=O)N[C@H](C(=O)N[C@@H](C)C(=O)N[C@@H](CC(C)C)C(=O)O)[C@@H](C)CC. The predicted octanol–water partition coefficient (Wildman–Crippen LogP) is 0.774. The molecule has 0 aliphatic carbocycles. The van der Waals surface area contributed by atoms with Crippen LogP contribution in [0.15, 0.2) is 12.7 Å². The molecule has 0 aromatic carbocycles. The van der Waals surface area contributed by atoms with E-state index in [1.54, 1.807) is 6.92 Å². The molecule has 0 bridgehead atoms. The van der Waals surface area contributed by atoms with Gasteiger partial charge in [-0.05, 0) is 25.2 Å². The van der Waals surface area contributed by atoms with Crippen LogP contribution >= 0.6 is 0 Å². The van der Waals surface area contributed by atoms with Gasteiger partial charge in [0, 0.05) is 19.4 Å². The quantitative estimate of drug-likeness (QED) is 0.252. The highest BCUT2D eigenvalue weighted by atomic mass is 16.4. The second-order valence-electron chi connectivity index (χ2n) is 9.71. The van der Waals surface area contributed by atoms with Gasteiger partial charge in [0.2, 0.25) is 23.6 Å². The summed E-state index contributed by atoms with van der Waals surface area (Å²) >= 11 is 0. The summed E-state index contributed by atoms with van der Waals surface area (Å²) in [6, 6.07) is -4.05. The van der Waals surface area contributed by atoms with Crippen molar-refractivity contribution in [3.05, 3.63) is 12.7 Å². The molecule has 0 aromatic heterocycles. The maximum atomic E-state index is 13.0. The van der Waals surface area contributed by atoms with Crippen molar-refractivity contribution in [3.63, 3.8) is 0 Å². The van der Waals surface area contributed by atoms with Gasteiger partial charge >= 0.3 is 5.97 Å². The molecule has 1 heterocycles. The minimum absolute atomic E-state index is 0.0371. The summed E-state index contributed by atoms with van der Waals surface area (Å²) in [6.45, 7) is 12.4. The number of amides is 4. The highest BCUT2D eigenvalue weighted by Crippen LogP contribution is 2.18. The Morgan fingerprint density at radius 1 is 1.06 bits per heavy atom. The van der Waals surface area contributed by atoms with Crippen LogP contribution in [-0.2, 0) is 28.8 Å². The average Bonchev–Trinajstić information content (AvgIpc) is 2.80. The molecule has 0 aromatic rings. The lowest BCUT2D eigenvalue weighted by Gasteiger charge is -2.34. The summed E-state index contributed by atoms with van der Waals surface area (Å²) in [5, 5.41) is 17.0. The van der Waals surface area contributed by atoms with Crippen molar-refractivity contribution >= 4 is 35.4 Å². The number of rotatable bonds is 14. The molecule has 5 atom stereocenters. The molecule has 0 saturated carbocycles. The second-order valence-corrected chi connectivity index (χ2v) is 9.71. The Kier molecular flexibility index (Phi) is 12.3. The summed E-state index contributed by atoms with van der Waals surface area (Å²) in [5.41, 5.74) is 0. The maximum Gasteiger partial charge on any atom is 0.326 e. The third kappa shape index (κ3) is 9.09. The van der Waals surface area contributed by atoms with Crippen molar-refractivity contribution < 1.29 is 33.9 Å². The van der Waals surface area contributed by atoms with Crippen LogP contribution in [0.2, 0.25) is 0 Å². The number of carbonyl (C=O) groups is 6. The number of nitrogens with zero attached hydrogens (tertiary/aromatic N) is 1. The Hall–Kier alpha value is -3.24. The van der Waals surface area contributed by atoms with E-state index in [9.17, 15) is 33.9 Å². The minimum atomic E-state index is -1.17. The topological polar surface area (TPSA) is 162 Å². The number of carboxylic acids is 1. The van der Waals surface area contributed by atoms with E-state index in [1.165, 1.54) is 17.9 Å². The summed E-state index contributed by atoms with van der Waals surface area (Å²) in [6.07, 6.45) is 2.11. The minimum Gasteiger partial charge on any atom is -0.480 e. The standard InChI is InChI=1S/C25H40N4O7/c1-7-11-29-18(19(30)9-10-21(29)32)13-20(31)28-22(15(5)8-2)24(34)26-16(6)23(33)27-17(25(35)36)12-14(3)4/h7,14-18,22H,1,8-13H2,2-6H3,(H,26,34)(H,27,33)(H,28,31)(H,35,36)/t15-,16-,17-,18?,22-/m0/s1. The zero-order valence-electron chi connectivity index (χ0n) is 21.8. The maximum absolute atomic E-state index is 13.0. The molecular formula is C25H40N4O7. The number of carbonyl (C=O) groups excluding carboxylic acids is 5. The Labute approximate surface area is 212 Å². The second kappa shape index (κ2) is 14.4. The van der Waals surface area contributed by atoms with Gasteiger partial charge in [-0.25, -0.2) is 4.79 Å². The zero-order chi connectivity index (χ0) is 27.6. The molecule has 1 aliphatic heterocycles. The summed E-state index contributed by atoms with van der Waals surface area (Å²) in [5.74, 6) is -3.72. The normalized spacial score (nSPS) is 19.2. The molecule has 1 fully saturated rings. The van der Waals surface area contributed by atoms with E-state index in [1.807, 2.05) is 20.8 Å². The number of carboxylic acid groups (broad SMARTS) is 1. The van der Waals surface area contributed by atoms with Crippen molar-refractivity contribution in [2.24, 2.45) is 11.8 Å². The first kappa shape index (κ1) is 30.8. The fraction of sp³-hybridized carbons (Fsp3) is 0.680. The number of nitrogens with one attached hydrogen (secondary N) is 3. The van der Waals surface area contributed by atoms with Crippen LogP contribution in [0, 0.1) is 11.8 Å². The van der Waals surface area contributed by atoms with Crippen LogP contribution in [0.5, 0.6) is 0 Å². The smallest absolute Gasteiger partial charge is 0.326 e. The molecule has 1 unspecified atom stereocenters. The number of hydrogen-bond acceptors (Lipinski definition) is 6. The van der Waals surface area contributed by atoms with Gasteiger partial charge in [0.15, 0.2) is 5.78 Å². The number of aliphatic carboxylic acids is 1. The van der Waals surface area contributed by atoms with Crippen molar-refractivity contribution in [1.82, 2.24) is 20.9 Å². The average molecular weight is 509 g/mol. The van der Waals surface area contributed by atoms with Crippen molar-refractivity contribution in [2.45, 2.75) is 90.9 Å². The molecule has 1 saturated heterocycles. The van der Waals surface area contributed by atoms with Gasteiger partial charge in [-0.2, -0.15) is 0 Å². The first-order valence-electron chi connectivity index (χ1n) is 12.4. The molecule has 1 aliphatic rings. The number of Topliss-reactive ketones (excluding diaryl/α,β-unsaturated/α-hetero) is 1. The van der Waals surface area contributed by atoms with E-state index in [2.05, 4.69) is 22.5 Å². The first-order valence-corrected chi connectivity index (χ1v) is 12.4. The van der Waals surface area contributed by atoms with Crippen molar-refractivity contribution in [1.29, 1.82) is 0 Å². The molecular weight excluding hydrogens is 468 g/mol. The molecule has 4 amide bonds. The van der Waals surface area contributed by atoms with Crippen LogP contribution in [-0.4, -0.2) is 76.1 Å². The Bertz CT molecular complexity index is 857. The summed E-state index contributed by atoms with van der Waals surface area (Å²) < 4.78 is 0. The van der Waals surface area contributed by atoms with Gasteiger partial charge in [0.1, 0.15) is 18.1 Å². The van der Waals surface area contributed by atoms with E-state index in [0.29, 0.717) is 6.42 Å². The van der Waals surface area contributed by atoms with Gasteiger partial charge in [-0.3, -0.25) is 24.0 Å². The fourth-order valence-corrected chi connectivity index (χ4v) is 3.95. The molecule has 11 heteroatoms. The molecule has 0 radical (unpaired) electrons. The number of piperidine rings is 1. The van der Waals surface area contributed by atoms with E-state index >= 15 is 0 Å². The van der Waals surface area contributed by atoms with Gasteiger partial charge < -0.3 is 26.0 Å². The van der Waals surface area contributed by atoms with Crippen molar-refractivity contribution in [3.8, 4) is 0 Å². The third-order valence-corrected chi connectivity index (χ3v) is 6.24. The molecule has 4 N–H and O–H groups in total. The molecule has 11 nitrogen and oxygen atoms in total. The third-order valence-electron chi connectivity index (χ3n) is 6.24. The van der Waals surface area contributed by atoms with Crippen molar-refractivity contribution in [2.75, 3.05) is 6.54 Å². The highest BCUT2D eigenvalue weighted by Gasteiger charge is 2.36. The first-order chi connectivity index (χ1) is 16.8. The molecule has 1 rings (SSSR count). The van der Waals surface area contributed by atoms with Crippen LogP contribution in [0.4, 0.5) is 0 Å². The molecule has 0 spiro atoms. The van der Waals surface area contributed by atoms with Crippen LogP contribution in [0.1, 0.15) is 66.7 Å². The summed E-state index contributed by atoms with van der Waals surface area (Å²) in [7, 11) is 0. The van der Waals surface area contributed by atoms with Gasteiger partial charge in [0.05, 0.1) is 12.5 Å². The number of ketones is 1. The van der Waals surface area contributed by atoms with Crippen LogP contribution in [0.3, 0.4) is 0 Å². The predicted molar refractivity (Wildman–Crippen MR) is 133 cm³/mol. The van der Waals surface area contributed by atoms with E-state index in [0.717, 1.165) is 0 Å². The largest absolute Gasteiger partial charge is 0.480 e. The fourth-order valence-electron chi connectivity index (χ4n) is 3.95. The lowest BCUT2D eigenvalue weighted by molar-refractivity contribution is -0.146. The van der Waals surface area contributed by atoms with Gasteiger partial charge in [-0.15, -0.1) is 6.58 Å². The highest BCUT2D eigenvalue weighted by molar-refractivity contribution is 5.99. The summed E-state index contributed by atoms with van der Waals surface area (Å²) in [4.78, 5) is 75.8. The molecule has 202 valence electrons. The lowest BCUT2D eigenvalue weighted by Crippen LogP contribution is -2.57. The Morgan fingerprint density at radius 3 is 2.22 bits per heavy atom. The van der Waals surface area contributed by atoms with Gasteiger partial charge in [0.25, 0.3) is 0 Å². The number of likely N-dealkylation sites (tertiary alicyclic amines) is 1. The van der Waals surface area contributed by atoms with Crippen LogP contribution in [0.25, 0.3) is 0 Å². The Morgan fingerprint density at radius 2 is 1.69 bits per heavy atom. The monoisotopic (exact) mass is 508 g/mol. The Balaban J connectivity index is 2.88. The van der Waals surface area contributed by atoms with Gasteiger partial charge in [-0.1, -0.05) is 40.2 Å². The van der Waals surface area contributed by atoms with Crippen LogP contribution < -0.4 is 16.0 Å².